The maximum atomic E-state index is 13.3. The molecule has 4 aromatic rings. The highest BCUT2D eigenvalue weighted by molar-refractivity contribution is 5.97. The zero-order valence-corrected chi connectivity index (χ0v) is 21.8. The normalized spacial score (nSPS) is 22.9. The Hall–Kier alpha value is -4.25. The summed E-state index contributed by atoms with van der Waals surface area (Å²) >= 11 is 0. The van der Waals surface area contributed by atoms with E-state index in [1.54, 1.807) is 0 Å². The maximum absolute atomic E-state index is 13.3. The smallest absolute Gasteiger partial charge is 0.340 e. The molecule has 5 heteroatoms. The Bertz CT molecular complexity index is 1570. The minimum atomic E-state index is -1.09. The van der Waals surface area contributed by atoms with Crippen molar-refractivity contribution in [2.75, 3.05) is 10.2 Å². The summed E-state index contributed by atoms with van der Waals surface area (Å²) in [5, 5.41) is 3.54. The molecule has 1 saturated heterocycles. The molecule has 3 aliphatic heterocycles. The van der Waals surface area contributed by atoms with Crippen molar-refractivity contribution in [3.8, 4) is 11.5 Å². The van der Waals surface area contributed by atoms with Crippen molar-refractivity contribution in [3.63, 3.8) is 0 Å². The minimum Gasteiger partial charge on any atom is -0.456 e. The number of nitrogens with zero attached hydrogens (tertiary/aromatic N) is 1. The summed E-state index contributed by atoms with van der Waals surface area (Å²) in [5.74, 6) is 1.12. The summed E-state index contributed by atoms with van der Waals surface area (Å²) in [5.41, 5.74) is 6.14. The van der Waals surface area contributed by atoms with Crippen LogP contribution in [0.25, 0.3) is 0 Å². The molecule has 1 spiro atoms. The number of hydrogen-bond acceptors (Lipinski definition) is 5. The summed E-state index contributed by atoms with van der Waals surface area (Å²) < 4.78 is 13.0. The van der Waals surface area contributed by atoms with E-state index in [4.69, 9.17) is 9.47 Å². The van der Waals surface area contributed by atoms with Crippen molar-refractivity contribution in [1.82, 2.24) is 0 Å². The van der Waals surface area contributed by atoms with Crippen molar-refractivity contribution in [2.24, 2.45) is 0 Å². The number of aryl methyl sites for hydroxylation is 1. The molecule has 0 aliphatic carbocycles. The number of anilines is 3. The van der Waals surface area contributed by atoms with E-state index in [0.717, 1.165) is 45.1 Å². The number of hydrogen-bond donors (Lipinski definition) is 1. The average molecular weight is 503 g/mol. The number of nitrogens with one attached hydrogen (secondary N) is 1. The molecule has 7 rings (SSSR count). The van der Waals surface area contributed by atoms with Crippen LogP contribution in [0, 0.1) is 6.92 Å². The molecule has 3 aliphatic rings. The van der Waals surface area contributed by atoms with Crippen LogP contribution in [0.15, 0.2) is 84.9 Å². The molecule has 38 heavy (non-hydrogen) atoms. The monoisotopic (exact) mass is 502 g/mol. The lowest BCUT2D eigenvalue weighted by atomic mass is 9.77. The molecule has 3 atom stereocenters. The highest BCUT2D eigenvalue weighted by Crippen LogP contribution is 2.57. The molecule has 0 amide bonds. The van der Waals surface area contributed by atoms with Crippen LogP contribution in [0.4, 0.5) is 17.1 Å². The molecular weight excluding hydrogens is 472 g/mol. The number of para-hydroxylation sites is 1. The maximum Gasteiger partial charge on any atom is 0.340 e. The fourth-order valence-electron chi connectivity index (χ4n) is 6.48. The van der Waals surface area contributed by atoms with Gasteiger partial charge in [0.1, 0.15) is 11.5 Å². The minimum absolute atomic E-state index is 0.316. The standard InChI is InChI=1S/C33H30N2O3/c1-20-17-30-28(19-29(20)34-23-9-5-4-6-10-23)33(26-12-8-7-11-25(26)32(36)38-33)27-16-15-24(18-31(27)37-30)35-21(2)13-14-22(35)3/h4-12,15-19,21-22,34H,13-14H2,1-3H3. The van der Waals surface area contributed by atoms with E-state index in [1.807, 2.05) is 60.7 Å². The Morgan fingerprint density at radius 3 is 2.32 bits per heavy atom. The number of ether oxygens (including phenoxy) is 2. The zero-order valence-electron chi connectivity index (χ0n) is 21.8. The summed E-state index contributed by atoms with van der Waals surface area (Å²) in [6.07, 6.45) is 2.35. The number of esters is 1. The number of fused-ring (bicyclic) bond motifs is 6. The number of benzene rings is 4. The van der Waals surface area contributed by atoms with Crippen molar-refractivity contribution < 1.29 is 14.3 Å². The highest BCUT2D eigenvalue weighted by Gasteiger charge is 2.53. The van der Waals surface area contributed by atoms with E-state index < -0.39 is 5.60 Å². The Kier molecular flexibility index (Phi) is 5.05. The Labute approximate surface area is 223 Å². The van der Waals surface area contributed by atoms with Gasteiger partial charge in [-0.05, 0) is 81.6 Å². The van der Waals surface area contributed by atoms with Crippen molar-refractivity contribution in [1.29, 1.82) is 0 Å². The van der Waals surface area contributed by atoms with Crippen LogP contribution in [-0.4, -0.2) is 18.1 Å². The second-order valence-electron chi connectivity index (χ2n) is 10.7. The van der Waals surface area contributed by atoms with Crippen LogP contribution in [-0.2, 0) is 10.3 Å². The fourth-order valence-corrected chi connectivity index (χ4v) is 6.48. The van der Waals surface area contributed by atoms with Crippen LogP contribution >= 0.6 is 0 Å². The largest absolute Gasteiger partial charge is 0.456 e. The van der Waals surface area contributed by atoms with E-state index in [2.05, 4.69) is 55.3 Å². The van der Waals surface area contributed by atoms with E-state index in [0.29, 0.717) is 23.4 Å². The van der Waals surface area contributed by atoms with E-state index in [9.17, 15) is 4.79 Å². The third kappa shape index (κ3) is 3.27. The van der Waals surface area contributed by atoms with E-state index in [-0.39, 0.29) is 5.97 Å². The van der Waals surface area contributed by atoms with Crippen LogP contribution in [0.3, 0.4) is 0 Å². The van der Waals surface area contributed by atoms with E-state index in [1.165, 1.54) is 12.8 Å². The predicted molar refractivity (Wildman–Crippen MR) is 150 cm³/mol. The summed E-state index contributed by atoms with van der Waals surface area (Å²) in [6, 6.07) is 29.2. The topological polar surface area (TPSA) is 50.8 Å². The summed E-state index contributed by atoms with van der Waals surface area (Å²) in [6.45, 7) is 6.62. The van der Waals surface area contributed by atoms with Gasteiger partial charge in [0.15, 0.2) is 5.60 Å². The van der Waals surface area contributed by atoms with Crippen LogP contribution in [0.5, 0.6) is 11.5 Å². The summed E-state index contributed by atoms with van der Waals surface area (Å²) in [7, 11) is 0. The second kappa shape index (κ2) is 8.38. The highest BCUT2D eigenvalue weighted by atomic mass is 16.6. The first kappa shape index (κ1) is 22.9. The molecule has 3 unspecified atom stereocenters. The third-order valence-corrected chi connectivity index (χ3v) is 8.35. The predicted octanol–water partition coefficient (Wildman–Crippen LogP) is 7.68. The van der Waals surface area contributed by atoms with Crippen molar-refractivity contribution in [2.45, 2.75) is 51.3 Å². The Balaban J connectivity index is 1.43. The molecule has 0 bridgehead atoms. The van der Waals surface area contributed by atoms with Gasteiger partial charge in [-0.25, -0.2) is 4.79 Å². The van der Waals surface area contributed by atoms with Gasteiger partial charge in [-0.1, -0.05) is 36.4 Å². The third-order valence-electron chi connectivity index (χ3n) is 8.35. The first-order valence-corrected chi connectivity index (χ1v) is 13.4. The molecule has 190 valence electrons. The van der Waals surface area contributed by atoms with Crippen molar-refractivity contribution in [3.05, 3.63) is 113 Å². The molecule has 0 saturated carbocycles. The van der Waals surface area contributed by atoms with Crippen LogP contribution in [0.2, 0.25) is 0 Å². The first-order chi connectivity index (χ1) is 18.5. The average Bonchev–Trinajstić information content (AvgIpc) is 3.41. The Morgan fingerprint density at radius 1 is 0.816 bits per heavy atom. The molecule has 5 nitrogen and oxygen atoms in total. The molecule has 1 fully saturated rings. The van der Waals surface area contributed by atoms with Gasteiger partial charge in [0.2, 0.25) is 0 Å². The molecule has 0 radical (unpaired) electrons. The number of carbonyl (C=O) groups excluding carboxylic acids is 1. The van der Waals surface area contributed by atoms with Crippen LogP contribution < -0.4 is 15.0 Å². The molecule has 1 N–H and O–H groups in total. The zero-order chi connectivity index (χ0) is 26.0. The van der Waals surface area contributed by atoms with Gasteiger partial charge in [-0.2, -0.15) is 0 Å². The molecule has 4 aromatic carbocycles. The molecule has 0 aromatic heterocycles. The van der Waals surface area contributed by atoms with Gasteiger partial charge in [0.25, 0.3) is 0 Å². The first-order valence-electron chi connectivity index (χ1n) is 13.4. The quantitative estimate of drug-likeness (QED) is 0.291. The van der Waals surface area contributed by atoms with Gasteiger partial charge < -0.3 is 19.7 Å². The molecular formula is C33H30N2O3. The van der Waals surface area contributed by atoms with E-state index >= 15 is 0 Å². The lowest BCUT2D eigenvalue weighted by Gasteiger charge is -2.38. The number of carbonyl (C=O) groups is 1. The lowest BCUT2D eigenvalue weighted by Crippen LogP contribution is -2.35. The number of rotatable bonds is 3. The van der Waals surface area contributed by atoms with Gasteiger partial charge in [0, 0.05) is 51.9 Å². The lowest BCUT2D eigenvalue weighted by molar-refractivity contribution is 0.0224. The van der Waals surface area contributed by atoms with Gasteiger partial charge >= 0.3 is 5.97 Å². The SMILES string of the molecule is Cc1cc2c(cc1Nc1ccccc1)C1(OC(=O)c3ccccc31)c1ccc(N3C(C)CCC3C)cc1O2. The van der Waals surface area contributed by atoms with Crippen LogP contribution in [0.1, 0.15) is 59.3 Å². The second-order valence-corrected chi connectivity index (χ2v) is 10.7. The van der Waals surface area contributed by atoms with Gasteiger partial charge in [-0.3, -0.25) is 0 Å². The van der Waals surface area contributed by atoms with Crippen molar-refractivity contribution >= 4 is 23.0 Å². The fraction of sp³-hybridized carbons (Fsp3) is 0.242. The Morgan fingerprint density at radius 2 is 1.53 bits per heavy atom. The van der Waals surface area contributed by atoms with Gasteiger partial charge in [-0.15, -0.1) is 0 Å². The summed E-state index contributed by atoms with van der Waals surface area (Å²) in [4.78, 5) is 15.7. The molecule has 3 heterocycles. The van der Waals surface area contributed by atoms with Gasteiger partial charge in [0.05, 0.1) is 5.56 Å².